The maximum atomic E-state index is 2.52. The first-order valence-corrected chi connectivity index (χ1v) is 25.3. The fourth-order valence-electron chi connectivity index (χ4n) is 12.6. The van der Waals surface area contributed by atoms with E-state index in [-0.39, 0.29) is 0 Å². The first-order valence-electron chi connectivity index (χ1n) is 25.3. The molecule has 12 aromatic carbocycles. The Morgan fingerprint density at radius 2 is 0.836 bits per heavy atom. The zero-order valence-corrected chi connectivity index (χ0v) is 40.0. The van der Waals surface area contributed by atoms with Crippen LogP contribution in [0.15, 0.2) is 279 Å². The Kier molecular flexibility index (Phi) is 9.21. The average Bonchev–Trinajstić information content (AvgIpc) is 3.97. The summed E-state index contributed by atoms with van der Waals surface area (Å²) in [4.78, 5) is 2.43. The number of hydrogen-bond acceptors (Lipinski definition) is 1. The topological polar surface area (TPSA) is 8.17 Å². The SMILES string of the molecule is c1ccc(-c2ccc(N(c3ccc4cc(-c5ccc6c(c5)[C@@]5(c7ccccc7-6)c6ccccc6-n6c7ccccc7c7cccc5c76)ccc4c3)c3ccccc3-c3ccccc3-c3ccccc3)cc2)cc1. The number of fused-ring (bicyclic) bond motifs is 13. The van der Waals surface area contributed by atoms with Crippen LogP contribution in [0.25, 0.3) is 93.9 Å². The van der Waals surface area contributed by atoms with E-state index < -0.39 is 5.41 Å². The van der Waals surface area contributed by atoms with Crippen LogP contribution in [0, 0.1) is 0 Å². The number of nitrogens with zero attached hydrogens (tertiary/aromatic N) is 2. The number of hydrogen-bond donors (Lipinski definition) is 0. The van der Waals surface area contributed by atoms with Gasteiger partial charge in [-0.15, -0.1) is 0 Å². The van der Waals surface area contributed by atoms with Gasteiger partial charge in [0, 0.05) is 27.7 Å². The predicted octanol–water partition coefficient (Wildman–Crippen LogP) is 18.8. The Balaban J connectivity index is 0.879. The first kappa shape index (κ1) is 41.3. The lowest BCUT2D eigenvalue weighted by molar-refractivity contribution is 0.749. The van der Waals surface area contributed by atoms with Crippen LogP contribution < -0.4 is 4.90 Å². The Labute approximate surface area is 425 Å². The van der Waals surface area contributed by atoms with E-state index in [9.17, 15) is 0 Å². The van der Waals surface area contributed by atoms with Crippen molar-refractivity contribution in [2.75, 3.05) is 4.90 Å². The summed E-state index contributed by atoms with van der Waals surface area (Å²) in [7, 11) is 0. The zero-order valence-electron chi connectivity index (χ0n) is 40.0. The summed E-state index contributed by atoms with van der Waals surface area (Å²) in [6.45, 7) is 0. The van der Waals surface area contributed by atoms with Crippen LogP contribution >= 0.6 is 0 Å². The van der Waals surface area contributed by atoms with Gasteiger partial charge < -0.3 is 9.47 Å². The van der Waals surface area contributed by atoms with Gasteiger partial charge in [0.1, 0.15) is 0 Å². The van der Waals surface area contributed by atoms with Crippen LogP contribution in [-0.2, 0) is 5.41 Å². The fourth-order valence-corrected chi connectivity index (χ4v) is 12.6. The molecule has 73 heavy (non-hydrogen) atoms. The van der Waals surface area contributed by atoms with E-state index in [1.165, 1.54) is 116 Å². The number of anilines is 3. The second kappa shape index (κ2) is 16.3. The molecule has 0 N–H and O–H groups in total. The quantitative estimate of drug-likeness (QED) is 0.155. The smallest absolute Gasteiger partial charge is 0.0754 e. The minimum absolute atomic E-state index is 0.505. The lowest BCUT2D eigenvalue weighted by Crippen LogP contribution is -2.33. The lowest BCUT2D eigenvalue weighted by Gasteiger charge is -2.39. The maximum Gasteiger partial charge on any atom is 0.0754 e. The minimum Gasteiger partial charge on any atom is -0.310 e. The van der Waals surface area contributed by atoms with Crippen molar-refractivity contribution in [2.45, 2.75) is 5.41 Å². The van der Waals surface area contributed by atoms with E-state index in [0.29, 0.717) is 0 Å². The Bertz CT molecular complexity index is 4320. The molecule has 0 saturated carbocycles. The third-order valence-corrected chi connectivity index (χ3v) is 15.8. The Morgan fingerprint density at radius 1 is 0.288 bits per heavy atom. The van der Waals surface area contributed by atoms with Crippen molar-refractivity contribution < 1.29 is 0 Å². The summed E-state index contributed by atoms with van der Waals surface area (Å²) in [5, 5.41) is 4.95. The van der Waals surface area contributed by atoms with Crippen molar-refractivity contribution in [3.05, 3.63) is 301 Å². The maximum absolute atomic E-state index is 2.52. The Hall–Kier alpha value is -9.50. The third-order valence-electron chi connectivity index (χ3n) is 15.8. The molecule has 0 amide bonds. The van der Waals surface area contributed by atoms with Gasteiger partial charge in [-0.25, -0.2) is 0 Å². The van der Waals surface area contributed by atoms with Gasteiger partial charge in [-0.2, -0.15) is 0 Å². The van der Waals surface area contributed by atoms with E-state index in [1.807, 2.05) is 0 Å². The normalized spacial score (nSPS) is 14.1. The van der Waals surface area contributed by atoms with Crippen LogP contribution in [0.4, 0.5) is 17.1 Å². The van der Waals surface area contributed by atoms with E-state index in [4.69, 9.17) is 0 Å². The van der Waals surface area contributed by atoms with Gasteiger partial charge in [-0.1, -0.05) is 224 Å². The van der Waals surface area contributed by atoms with Crippen molar-refractivity contribution in [1.29, 1.82) is 0 Å². The fraction of sp³-hybridized carbons (Fsp3) is 0.0141. The molecule has 1 spiro atoms. The molecule has 0 saturated heterocycles. The summed E-state index contributed by atoms with van der Waals surface area (Å²) in [6.07, 6.45) is 0. The monoisotopic (exact) mass is 926 g/mol. The van der Waals surface area contributed by atoms with Crippen molar-refractivity contribution in [3.63, 3.8) is 0 Å². The van der Waals surface area contributed by atoms with Crippen LogP contribution in [0.3, 0.4) is 0 Å². The van der Waals surface area contributed by atoms with E-state index in [1.54, 1.807) is 0 Å². The van der Waals surface area contributed by atoms with Gasteiger partial charge in [-0.3, -0.25) is 0 Å². The van der Waals surface area contributed by atoms with Crippen LogP contribution in [0.2, 0.25) is 0 Å². The van der Waals surface area contributed by atoms with Crippen LogP contribution in [0.1, 0.15) is 22.3 Å². The van der Waals surface area contributed by atoms with E-state index >= 15 is 0 Å². The van der Waals surface area contributed by atoms with Gasteiger partial charge in [0.15, 0.2) is 0 Å². The highest BCUT2D eigenvalue weighted by atomic mass is 15.1. The predicted molar refractivity (Wildman–Crippen MR) is 306 cm³/mol. The van der Waals surface area contributed by atoms with Crippen molar-refractivity contribution >= 4 is 49.6 Å². The molecule has 2 aliphatic rings. The van der Waals surface area contributed by atoms with Gasteiger partial charge in [0.05, 0.1) is 27.8 Å². The molecule has 1 aromatic heterocycles. The summed E-state index contributed by atoms with van der Waals surface area (Å²) in [5.41, 5.74) is 24.0. The number of aromatic nitrogens is 1. The third kappa shape index (κ3) is 6.17. The molecule has 0 radical (unpaired) electrons. The second-order valence-electron chi connectivity index (χ2n) is 19.6. The first-order chi connectivity index (χ1) is 36.2. The zero-order chi connectivity index (χ0) is 48.0. The van der Waals surface area contributed by atoms with Gasteiger partial charge in [0.25, 0.3) is 0 Å². The molecule has 1 aliphatic heterocycles. The van der Waals surface area contributed by atoms with Crippen LogP contribution in [0.5, 0.6) is 0 Å². The second-order valence-corrected chi connectivity index (χ2v) is 19.6. The minimum atomic E-state index is -0.505. The molecule has 2 heterocycles. The van der Waals surface area contributed by atoms with Gasteiger partial charge in [0.2, 0.25) is 0 Å². The molecule has 0 bridgehead atoms. The van der Waals surface area contributed by atoms with E-state index in [2.05, 4.69) is 289 Å². The van der Waals surface area contributed by atoms with Crippen molar-refractivity contribution in [3.8, 4) is 61.3 Å². The van der Waals surface area contributed by atoms with E-state index in [0.717, 1.165) is 17.1 Å². The molecule has 340 valence electrons. The van der Waals surface area contributed by atoms with Gasteiger partial charge >= 0.3 is 0 Å². The molecule has 2 heteroatoms. The summed E-state index contributed by atoms with van der Waals surface area (Å²) in [6, 6.07) is 103. The summed E-state index contributed by atoms with van der Waals surface area (Å²) in [5.74, 6) is 0. The molecule has 13 aromatic rings. The molecule has 2 nitrogen and oxygen atoms in total. The highest BCUT2D eigenvalue weighted by Crippen LogP contribution is 2.61. The van der Waals surface area contributed by atoms with Crippen molar-refractivity contribution in [2.24, 2.45) is 0 Å². The molecule has 1 atom stereocenters. The largest absolute Gasteiger partial charge is 0.310 e. The molecule has 1 aliphatic carbocycles. The molecular weight excluding hydrogens is 881 g/mol. The molecule has 0 fully saturated rings. The van der Waals surface area contributed by atoms with Crippen molar-refractivity contribution in [1.82, 2.24) is 4.57 Å². The molecule has 15 rings (SSSR count). The highest BCUT2D eigenvalue weighted by Gasteiger charge is 2.50. The number of rotatable bonds is 7. The number of benzene rings is 12. The molecular formula is C71H46N2. The highest BCUT2D eigenvalue weighted by molar-refractivity contribution is 6.13. The molecule has 0 unspecified atom stereocenters. The Morgan fingerprint density at radius 3 is 1.67 bits per heavy atom. The van der Waals surface area contributed by atoms with Gasteiger partial charge in [-0.05, 0) is 138 Å². The summed E-state index contributed by atoms with van der Waals surface area (Å²) >= 11 is 0. The summed E-state index contributed by atoms with van der Waals surface area (Å²) < 4.78 is 2.52. The lowest BCUT2D eigenvalue weighted by atomic mass is 9.65. The standard InChI is InChI=1S/C71H46N2/c1-3-18-47(19-4-1)48-36-40-54(41-37-48)72(67-31-14-10-25-60(67)57-23-8-7-22-56(57)49-20-5-2-6-21-49)55-42-38-51-44-50(34-35-52(51)45-55)53-39-43-59-58-24-9-12-28-63(58)71(66(59)46-53)64-29-13-16-33-69(64)73-68-32-15-11-26-61(68)62-27-17-30-65(71)70(62)73/h1-46H/t71-/m0/s1. The number of para-hydroxylation sites is 4. The van der Waals surface area contributed by atoms with Crippen LogP contribution in [-0.4, -0.2) is 4.57 Å². The average molecular weight is 927 g/mol.